The summed E-state index contributed by atoms with van der Waals surface area (Å²) < 4.78 is 13.2. The van der Waals surface area contributed by atoms with E-state index in [0.29, 0.717) is 28.7 Å². The number of halogens is 2. The van der Waals surface area contributed by atoms with Crippen LogP contribution in [0.5, 0.6) is 0 Å². The predicted molar refractivity (Wildman–Crippen MR) is 93.6 cm³/mol. The summed E-state index contributed by atoms with van der Waals surface area (Å²) in [6, 6.07) is 6.29. The van der Waals surface area contributed by atoms with E-state index in [4.69, 9.17) is 0 Å². The molecule has 1 saturated heterocycles. The molecule has 0 bridgehead atoms. The minimum absolute atomic E-state index is 0. The van der Waals surface area contributed by atoms with Crippen molar-refractivity contribution < 1.29 is 9.18 Å². The van der Waals surface area contributed by atoms with Crippen LogP contribution in [0.2, 0.25) is 0 Å². The Labute approximate surface area is 144 Å². The Morgan fingerprint density at radius 2 is 2.35 bits per heavy atom. The van der Waals surface area contributed by atoms with E-state index in [-0.39, 0.29) is 24.1 Å². The standard InChI is InChI=1S/C16H18FN3OS.ClH/c17-13-3-1-2-12(8-13)14-10-22-16(19-14)20-15(21)5-4-11-6-7-18-9-11;/h1-3,8,10-11,18H,4-7,9H2,(H,19,20,21);1H. The van der Waals surface area contributed by atoms with Gasteiger partial charge in [-0.25, -0.2) is 9.37 Å². The summed E-state index contributed by atoms with van der Waals surface area (Å²) in [5, 5.41) is 8.51. The van der Waals surface area contributed by atoms with Crippen molar-refractivity contribution in [1.29, 1.82) is 0 Å². The van der Waals surface area contributed by atoms with Crippen LogP contribution in [0.25, 0.3) is 11.3 Å². The molecule has 23 heavy (non-hydrogen) atoms. The van der Waals surface area contributed by atoms with Gasteiger partial charge in [0.05, 0.1) is 5.69 Å². The lowest BCUT2D eigenvalue weighted by molar-refractivity contribution is -0.116. The van der Waals surface area contributed by atoms with Crippen molar-refractivity contribution in [2.45, 2.75) is 19.3 Å². The van der Waals surface area contributed by atoms with Crippen LogP contribution >= 0.6 is 23.7 Å². The maximum absolute atomic E-state index is 13.2. The van der Waals surface area contributed by atoms with Crippen molar-refractivity contribution in [3.63, 3.8) is 0 Å². The second-order valence-electron chi connectivity index (χ2n) is 5.49. The van der Waals surface area contributed by atoms with Crippen LogP contribution in [0.3, 0.4) is 0 Å². The molecular formula is C16H19ClFN3OS. The summed E-state index contributed by atoms with van der Waals surface area (Å²) >= 11 is 1.36. The molecule has 0 aliphatic carbocycles. The summed E-state index contributed by atoms with van der Waals surface area (Å²) in [6.45, 7) is 2.06. The molecule has 0 spiro atoms. The minimum atomic E-state index is -0.291. The first-order chi connectivity index (χ1) is 10.7. The average Bonchev–Trinajstić information content (AvgIpc) is 3.16. The predicted octanol–water partition coefficient (Wildman–Crippen LogP) is 3.70. The third-order valence-electron chi connectivity index (χ3n) is 3.81. The molecule has 0 saturated carbocycles. The molecule has 1 aromatic heterocycles. The highest BCUT2D eigenvalue weighted by Crippen LogP contribution is 2.25. The van der Waals surface area contributed by atoms with Gasteiger partial charge in [0.1, 0.15) is 5.82 Å². The molecule has 1 fully saturated rings. The third kappa shape index (κ3) is 4.99. The molecule has 4 nitrogen and oxygen atoms in total. The van der Waals surface area contributed by atoms with Crippen LogP contribution < -0.4 is 10.6 Å². The van der Waals surface area contributed by atoms with Crippen LogP contribution in [0, 0.1) is 11.7 Å². The van der Waals surface area contributed by atoms with Crippen LogP contribution in [-0.4, -0.2) is 24.0 Å². The maximum Gasteiger partial charge on any atom is 0.226 e. The Bertz CT molecular complexity index is 658. The number of aromatic nitrogens is 1. The zero-order valence-corrected chi connectivity index (χ0v) is 14.2. The highest BCUT2D eigenvalue weighted by molar-refractivity contribution is 7.14. The molecule has 1 amide bonds. The molecule has 2 aromatic rings. The van der Waals surface area contributed by atoms with Crippen LogP contribution in [-0.2, 0) is 4.79 Å². The fraction of sp³-hybridized carbons (Fsp3) is 0.375. The Hall–Kier alpha value is -1.50. The van der Waals surface area contributed by atoms with Gasteiger partial charge in [-0.2, -0.15) is 0 Å². The molecule has 2 heterocycles. The third-order valence-corrected chi connectivity index (χ3v) is 4.57. The molecule has 1 atom stereocenters. The van der Waals surface area contributed by atoms with Crippen molar-refractivity contribution in [3.8, 4) is 11.3 Å². The van der Waals surface area contributed by atoms with Gasteiger partial charge in [0, 0.05) is 17.4 Å². The minimum Gasteiger partial charge on any atom is -0.316 e. The molecular weight excluding hydrogens is 337 g/mol. The monoisotopic (exact) mass is 355 g/mol. The van der Waals surface area contributed by atoms with Gasteiger partial charge in [0.2, 0.25) is 5.91 Å². The molecule has 1 unspecified atom stereocenters. The van der Waals surface area contributed by atoms with Crippen LogP contribution in [0.1, 0.15) is 19.3 Å². The van der Waals surface area contributed by atoms with Gasteiger partial charge in [-0.1, -0.05) is 12.1 Å². The van der Waals surface area contributed by atoms with E-state index in [9.17, 15) is 9.18 Å². The molecule has 2 N–H and O–H groups in total. The summed E-state index contributed by atoms with van der Waals surface area (Å²) in [5.74, 6) is 0.304. The van der Waals surface area contributed by atoms with E-state index in [0.717, 1.165) is 25.9 Å². The highest BCUT2D eigenvalue weighted by atomic mass is 35.5. The van der Waals surface area contributed by atoms with E-state index in [1.165, 1.54) is 23.5 Å². The van der Waals surface area contributed by atoms with Gasteiger partial charge in [0.25, 0.3) is 0 Å². The van der Waals surface area contributed by atoms with E-state index in [2.05, 4.69) is 15.6 Å². The number of anilines is 1. The van der Waals surface area contributed by atoms with E-state index in [1.54, 1.807) is 12.1 Å². The normalized spacial score (nSPS) is 16.8. The fourth-order valence-corrected chi connectivity index (χ4v) is 3.33. The zero-order valence-electron chi connectivity index (χ0n) is 12.5. The van der Waals surface area contributed by atoms with Crippen molar-refractivity contribution in [1.82, 2.24) is 10.3 Å². The molecule has 0 radical (unpaired) electrons. The number of hydrogen-bond acceptors (Lipinski definition) is 4. The number of nitrogens with zero attached hydrogens (tertiary/aromatic N) is 1. The molecule has 1 aliphatic heterocycles. The molecule has 3 rings (SSSR count). The summed E-state index contributed by atoms with van der Waals surface area (Å²) in [7, 11) is 0. The Balaban J connectivity index is 0.00000192. The lowest BCUT2D eigenvalue weighted by atomic mass is 10.0. The summed E-state index contributed by atoms with van der Waals surface area (Å²) in [5.41, 5.74) is 1.40. The van der Waals surface area contributed by atoms with Gasteiger partial charge >= 0.3 is 0 Å². The number of benzene rings is 1. The maximum atomic E-state index is 13.2. The summed E-state index contributed by atoms with van der Waals surface area (Å²) in [4.78, 5) is 16.3. The van der Waals surface area contributed by atoms with E-state index < -0.39 is 0 Å². The lowest BCUT2D eigenvalue weighted by Crippen LogP contribution is -2.14. The van der Waals surface area contributed by atoms with Crippen molar-refractivity contribution in [3.05, 3.63) is 35.5 Å². The highest BCUT2D eigenvalue weighted by Gasteiger charge is 2.16. The van der Waals surface area contributed by atoms with Crippen LogP contribution in [0.15, 0.2) is 29.6 Å². The zero-order chi connectivity index (χ0) is 15.4. The Morgan fingerprint density at radius 3 is 3.09 bits per heavy atom. The number of thiazole rings is 1. The molecule has 1 aromatic carbocycles. The van der Waals surface area contributed by atoms with Gasteiger partial charge in [-0.3, -0.25) is 4.79 Å². The number of hydrogen-bond donors (Lipinski definition) is 2. The Kier molecular flexibility index (Phi) is 6.50. The van der Waals surface area contributed by atoms with Gasteiger partial charge in [-0.15, -0.1) is 23.7 Å². The first-order valence-corrected chi connectivity index (χ1v) is 8.31. The van der Waals surface area contributed by atoms with Gasteiger partial charge < -0.3 is 10.6 Å². The summed E-state index contributed by atoms with van der Waals surface area (Å²) in [6.07, 6.45) is 2.57. The van der Waals surface area contributed by atoms with Crippen molar-refractivity contribution >= 4 is 34.8 Å². The quantitative estimate of drug-likeness (QED) is 0.859. The lowest BCUT2D eigenvalue weighted by Gasteiger charge is -2.07. The number of amides is 1. The molecule has 7 heteroatoms. The van der Waals surface area contributed by atoms with Crippen molar-refractivity contribution in [2.24, 2.45) is 5.92 Å². The number of carbonyl (C=O) groups is 1. The number of nitrogens with one attached hydrogen (secondary N) is 2. The van der Waals surface area contributed by atoms with E-state index in [1.807, 2.05) is 5.38 Å². The SMILES string of the molecule is Cl.O=C(CCC1CCNC1)Nc1nc(-c2cccc(F)c2)cs1. The topological polar surface area (TPSA) is 54.0 Å². The second kappa shape index (κ2) is 8.38. The first kappa shape index (κ1) is 17.8. The van der Waals surface area contributed by atoms with Crippen LogP contribution in [0.4, 0.5) is 9.52 Å². The molecule has 124 valence electrons. The smallest absolute Gasteiger partial charge is 0.226 e. The molecule has 1 aliphatic rings. The van der Waals surface area contributed by atoms with Crippen molar-refractivity contribution in [2.75, 3.05) is 18.4 Å². The number of carbonyl (C=O) groups excluding carboxylic acids is 1. The second-order valence-corrected chi connectivity index (χ2v) is 6.35. The van der Waals surface area contributed by atoms with Gasteiger partial charge in [0.15, 0.2) is 5.13 Å². The first-order valence-electron chi connectivity index (χ1n) is 7.43. The number of rotatable bonds is 5. The fourth-order valence-electron chi connectivity index (χ4n) is 2.59. The van der Waals surface area contributed by atoms with E-state index >= 15 is 0 Å². The largest absolute Gasteiger partial charge is 0.316 e. The average molecular weight is 356 g/mol. The van der Waals surface area contributed by atoms with Gasteiger partial charge in [-0.05, 0) is 44.0 Å². The Morgan fingerprint density at radius 1 is 1.48 bits per heavy atom.